The predicted molar refractivity (Wildman–Crippen MR) is 127 cm³/mol. The minimum absolute atomic E-state index is 0.115. The Kier molecular flexibility index (Phi) is 6.05. The van der Waals surface area contributed by atoms with Gasteiger partial charge < -0.3 is 24.5 Å². The molecule has 1 aromatic heterocycles. The first kappa shape index (κ1) is 22.7. The van der Waals surface area contributed by atoms with Crippen molar-refractivity contribution in [3.05, 3.63) is 100 Å². The summed E-state index contributed by atoms with van der Waals surface area (Å²) in [6, 6.07) is 15.7. The second-order valence-corrected chi connectivity index (χ2v) is 8.46. The van der Waals surface area contributed by atoms with Gasteiger partial charge in [-0.2, -0.15) is 0 Å². The van der Waals surface area contributed by atoms with E-state index < -0.39 is 17.6 Å². The summed E-state index contributed by atoms with van der Waals surface area (Å²) in [5, 5.41) is 13.3. The number of fused-ring (bicyclic) bond motifs is 1. The van der Waals surface area contributed by atoms with Gasteiger partial charge in [0.05, 0.1) is 0 Å². The van der Waals surface area contributed by atoms with E-state index in [9.17, 15) is 18.7 Å². The van der Waals surface area contributed by atoms with Crippen LogP contribution in [0.3, 0.4) is 0 Å². The maximum atomic E-state index is 13.4. The zero-order valence-electron chi connectivity index (χ0n) is 18.2. The van der Waals surface area contributed by atoms with Crippen molar-refractivity contribution in [3.8, 4) is 22.6 Å². The number of aromatic nitrogens is 1. The number of ether oxygens (including phenoxy) is 2. The highest BCUT2D eigenvalue weighted by atomic mass is 35.5. The predicted octanol–water partition coefficient (Wildman–Crippen LogP) is 6.17. The van der Waals surface area contributed by atoms with Crippen LogP contribution in [0.4, 0.5) is 14.5 Å². The van der Waals surface area contributed by atoms with Crippen molar-refractivity contribution in [2.24, 2.45) is 0 Å². The van der Waals surface area contributed by atoms with E-state index >= 15 is 0 Å². The Morgan fingerprint density at radius 2 is 1.66 bits per heavy atom. The number of nitrogens with one attached hydrogen (secondary N) is 1. The molecule has 0 unspecified atom stereocenters. The van der Waals surface area contributed by atoms with Crippen LogP contribution in [-0.4, -0.2) is 22.4 Å². The minimum Gasteiger partial charge on any atom is -0.477 e. The molecule has 0 spiro atoms. The molecule has 0 atom stereocenters. The standard InChI is InChI=1S/C26H19ClF2N2O4/c27-22-10-25-24(34-14-35-25)8-18(22)13-31-12-17(7-23(31)26(32)33)16-1-3-21(4-2-16)30-11-15-5-19(28)9-20(29)6-15/h1-10,12,30H,11,13-14H2,(H,32,33). The highest BCUT2D eigenvalue weighted by Gasteiger charge is 2.19. The van der Waals surface area contributed by atoms with E-state index in [1.165, 1.54) is 12.1 Å². The van der Waals surface area contributed by atoms with Gasteiger partial charge in [0.1, 0.15) is 17.3 Å². The molecule has 0 fully saturated rings. The van der Waals surface area contributed by atoms with Gasteiger partial charge >= 0.3 is 5.97 Å². The molecule has 1 aliphatic rings. The summed E-state index contributed by atoms with van der Waals surface area (Å²) >= 11 is 6.38. The third-order valence-electron chi connectivity index (χ3n) is 5.64. The Bertz CT molecular complexity index is 1400. The molecule has 1 aliphatic heterocycles. The summed E-state index contributed by atoms with van der Waals surface area (Å²) in [6.45, 7) is 0.609. The molecule has 9 heteroatoms. The number of carboxylic acids is 1. The van der Waals surface area contributed by atoms with E-state index in [0.29, 0.717) is 27.6 Å². The molecule has 0 aliphatic carbocycles. The van der Waals surface area contributed by atoms with E-state index in [1.54, 1.807) is 29.0 Å². The molecule has 0 radical (unpaired) electrons. The molecule has 35 heavy (non-hydrogen) atoms. The number of aromatic carboxylic acids is 1. The average Bonchev–Trinajstić information content (AvgIpc) is 3.44. The Morgan fingerprint density at radius 3 is 2.34 bits per heavy atom. The molecule has 0 amide bonds. The highest BCUT2D eigenvalue weighted by molar-refractivity contribution is 6.31. The van der Waals surface area contributed by atoms with Crippen molar-refractivity contribution in [1.82, 2.24) is 4.57 Å². The van der Waals surface area contributed by atoms with Crippen LogP contribution in [0.1, 0.15) is 21.6 Å². The van der Waals surface area contributed by atoms with Gasteiger partial charge in [-0.05, 0) is 53.1 Å². The second-order valence-electron chi connectivity index (χ2n) is 8.05. The lowest BCUT2D eigenvalue weighted by atomic mass is 10.1. The van der Waals surface area contributed by atoms with Crippen LogP contribution in [0.15, 0.2) is 66.9 Å². The van der Waals surface area contributed by atoms with Crippen LogP contribution in [0.5, 0.6) is 11.5 Å². The van der Waals surface area contributed by atoms with E-state index in [4.69, 9.17) is 21.1 Å². The fourth-order valence-corrected chi connectivity index (χ4v) is 4.15. The number of carbonyl (C=O) groups is 1. The van der Waals surface area contributed by atoms with Gasteiger partial charge in [-0.3, -0.25) is 0 Å². The Labute approximate surface area is 204 Å². The van der Waals surface area contributed by atoms with Gasteiger partial charge in [0.15, 0.2) is 11.5 Å². The normalized spacial score (nSPS) is 12.1. The summed E-state index contributed by atoms with van der Waals surface area (Å²) in [5.41, 5.74) is 3.58. The monoisotopic (exact) mass is 496 g/mol. The molecule has 3 aromatic carbocycles. The number of benzene rings is 3. The summed E-state index contributed by atoms with van der Waals surface area (Å²) in [7, 11) is 0. The SMILES string of the molecule is O=C(O)c1cc(-c2ccc(NCc3cc(F)cc(F)c3)cc2)cn1Cc1cc2c(cc1Cl)OCO2. The van der Waals surface area contributed by atoms with Crippen LogP contribution < -0.4 is 14.8 Å². The molecule has 0 saturated heterocycles. The number of anilines is 1. The maximum absolute atomic E-state index is 13.4. The second kappa shape index (κ2) is 9.31. The number of nitrogens with zero attached hydrogens (tertiary/aromatic N) is 1. The Hall–Kier alpha value is -4.04. The zero-order chi connectivity index (χ0) is 24.5. The van der Waals surface area contributed by atoms with E-state index in [0.717, 1.165) is 22.9 Å². The Morgan fingerprint density at radius 1 is 0.971 bits per heavy atom. The first-order valence-electron chi connectivity index (χ1n) is 10.7. The summed E-state index contributed by atoms with van der Waals surface area (Å²) in [4.78, 5) is 11.9. The number of halogens is 3. The molecule has 2 heterocycles. The lowest BCUT2D eigenvalue weighted by Crippen LogP contribution is -2.08. The molecule has 6 nitrogen and oxygen atoms in total. The molecule has 4 aromatic rings. The van der Waals surface area contributed by atoms with Crippen LogP contribution >= 0.6 is 11.6 Å². The smallest absolute Gasteiger partial charge is 0.352 e. The van der Waals surface area contributed by atoms with Crippen molar-refractivity contribution in [2.45, 2.75) is 13.1 Å². The van der Waals surface area contributed by atoms with Gasteiger partial charge in [0.25, 0.3) is 0 Å². The van der Waals surface area contributed by atoms with Crippen molar-refractivity contribution < 1.29 is 28.2 Å². The fourth-order valence-electron chi connectivity index (χ4n) is 3.94. The van der Waals surface area contributed by atoms with Crippen molar-refractivity contribution >= 4 is 23.3 Å². The van der Waals surface area contributed by atoms with Crippen LogP contribution in [0.25, 0.3) is 11.1 Å². The number of hydrogen-bond donors (Lipinski definition) is 2. The largest absolute Gasteiger partial charge is 0.477 e. The molecule has 5 rings (SSSR count). The third-order valence-corrected chi connectivity index (χ3v) is 5.99. The Balaban J connectivity index is 1.35. The fraction of sp³-hybridized carbons (Fsp3) is 0.115. The topological polar surface area (TPSA) is 72.7 Å². The number of carboxylic acid groups (broad SMARTS) is 1. The van der Waals surface area contributed by atoms with Crippen molar-refractivity contribution in [1.29, 1.82) is 0 Å². The number of hydrogen-bond acceptors (Lipinski definition) is 4. The molecule has 0 saturated carbocycles. The van der Waals surface area contributed by atoms with Crippen molar-refractivity contribution in [3.63, 3.8) is 0 Å². The first-order valence-corrected chi connectivity index (χ1v) is 11.0. The van der Waals surface area contributed by atoms with Crippen LogP contribution in [0.2, 0.25) is 5.02 Å². The van der Waals surface area contributed by atoms with Crippen molar-refractivity contribution in [2.75, 3.05) is 12.1 Å². The van der Waals surface area contributed by atoms with Gasteiger partial charge in [0.2, 0.25) is 6.79 Å². The van der Waals surface area contributed by atoms with Gasteiger partial charge in [0, 0.05) is 47.7 Å². The lowest BCUT2D eigenvalue weighted by Gasteiger charge is -2.09. The van der Waals surface area contributed by atoms with Crippen LogP contribution in [0, 0.1) is 11.6 Å². The van der Waals surface area contributed by atoms with Crippen LogP contribution in [-0.2, 0) is 13.1 Å². The molecular formula is C26H19ClF2N2O4. The van der Waals surface area contributed by atoms with Gasteiger partial charge in [-0.15, -0.1) is 0 Å². The average molecular weight is 497 g/mol. The summed E-state index contributed by atoms with van der Waals surface area (Å²) in [5.74, 6) is -1.19. The first-order chi connectivity index (χ1) is 16.9. The maximum Gasteiger partial charge on any atom is 0.352 e. The van der Waals surface area contributed by atoms with Gasteiger partial charge in [-0.25, -0.2) is 13.6 Å². The summed E-state index contributed by atoms with van der Waals surface area (Å²) in [6.07, 6.45) is 1.75. The minimum atomic E-state index is -1.06. The third kappa shape index (κ3) is 4.93. The molecular weight excluding hydrogens is 478 g/mol. The molecule has 2 N–H and O–H groups in total. The van der Waals surface area contributed by atoms with E-state index in [1.807, 2.05) is 24.3 Å². The number of rotatable bonds is 7. The van der Waals surface area contributed by atoms with Gasteiger partial charge in [-0.1, -0.05) is 23.7 Å². The molecule has 0 bridgehead atoms. The lowest BCUT2D eigenvalue weighted by molar-refractivity contribution is 0.0685. The quantitative estimate of drug-likeness (QED) is 0.320. The van der Waals surface area contributed by atoms with E-state index in [2.05, 4.69) is 5.32 Å². The highest BCUT2D eigenvalue weighted by Crippen LogP contribution is 2.37. The molecule has 178 valence electrons. The zero-order valence-corrected chi connectivity index (χ0v) is 19.0. The van der Waals surface area contributed by atoms with E-state index in [-0.39, 0.29) is 25.6 Å². The summed E-state index contributed by atoms with van der Waals surface area (Å²) < 4.78 is 39.1.